The van der Waals surface area contributed by atoms with Crippen LogP contribution >= 0.6 is 0 Å². The van der Waals surface area contributed by atoms with Gasteiger partial charge in [-0.25, -0.2) is 4.39 Å². The van der Waals surface area contributed by atoms with Gasteiger partial charge in [-0.05, 0) is 47.7 Å². The van der Waals surface area contributed by atoms with Gasteiger partial charge in [-0.2, -0.15) is 4.98 Å². The van der Waals surface area contributed by atoms with Gasteiger partial charge >= 0.3 is 5.97 Å². The maximum atomic E-state index is 14.7. The second kappa shape index (κ2) is 8.36. The minimum Gasteiger partial charge on any atom is -0.481 e. The molecule has 1 aliphatic heterocycles. The van der Waals surface area contributed by atoms with Crippen molar-refractivity contribution in [1.82, 2.24) is 15.0 Å². The van der Waals surface area contributed by atoms with Crippen molar-refractivity contribution in [3.8, 4) is 22.8 Å². The largest absolute Gasteiger partial charge is 0.481 e. The van der Waals surface area contributed by atoms with Gasteiger partial charge in [-0.15, -0.1) is 0 Å². The van der Waals surface area contributed by atoms with Crippen molar-refractivity contribution in [2.24, 2.45) is 11.8 Å². The second-order valence-corrected chi connectivity index (χ2v) is 8.26. The van der Waals surface area contributed by atoms with Crippen LogP contribution in [0.15, 0.2) is 47.0 Å². The van der Waals surface area contributed by atoms with Crippen molar-refractivity contribution >= 4 is 5.97 Å². The molecule has 0 spiro atoms. The van der Waals surface area contributed by atoms with Crippen LogP contribution in [-0.4, -0.2) is 39.2 Å². The Labute approximate surface area is 174 Å². The highest BCUT2D eigenvalue weighted by Crippen LogP contribution is 2.26. The molecule has 1 N–H and O–H groups in total. The predicted molar refractivity (Wildman–Crippen MR) is 110 cm³/mol. The molecule has 0 aliphatic carbocycles. The fourth-order valence-electron chi connectivity index (χ4n) is 3.66. The third kappa shape index (κ3) is 4.41. The summed E-state index contributed by atoms with van der Waals surface area (Å²) < 4.78 is 20.0. The number of hydrogen-bond donors (Lipinski definition) is 1. The number of aromatic nitrogens is 2. The normalized spacial score (nSPS) is 14.8. The van der Waals surface area contributed by atoms with Gasteiger partial charge < -0.3 is 9.63 Å². The minimum absolute atomic E-state index is 0.204. The third-order valence-corrected chi connectivity index (χ3v) is 5.26. The zero-order chi connectivity index (χ0) is 21.3. The molecule has 6 nitrogen and oxygen atoms in total. The van der Waals surface area contributed by atoms with Crippen molar-refractivity contribution in [2.75, 3.05) is 13.1 Å². The number of carboxylic acids is 1. The van der Waals surface area contributed by atoms with Crippen LogP contribution in [0.1, 0.15) is 25.0 Å². The Kier molecular flexibility index (Phi) is 5.63. The first-order chi connectivity index (χ1) is 14.4. The van der Waals surface area contributed by atoms with Gasteiger partial charge in [0.15, 0.2) is 0 Å². The molecule has 0 saturated carbocycles. The fraction of sp³-hybridized carbons (Fsp3) is 0.348. The summed E-state index contributed by atoms with van der Waals surface area (Å²) in [6, 6.07) is 12.8. The average molecular weight is 409 g/mol. The van der Waals surface area contributed by atoms with Crippen molar-refractivity contribution in [3.63, 3.8) is 0 Å². The van der Waals surface area contributed by atoms with E-state index in [9.17, 15) is 9.18 Å². The maximum Gasteiger partial charge on any atom is 0.309 e. The monoisotopic (exact) mass is 409 g/mol. The van der Waals surface area contributed by atoms with Crippen LogP contribution in [0.25, 0.3) is 22.8 Å². The number of carboxylic acid groups (broad SMARTS) is 1. The first-order valence-electron chi connectivity index (χ1n) is 10.1. The van der Waals surface area contributed by atoms with Crippen LogP contribution in [0.5, 0.6) is 0 Å². The molecule has 0 unspecified atom stereocenters. The van der Waals surface area contributed by atoms with Crippen LogP contribution in [0.3, 0.4) is 0 Å². The number of benzene rings is 2. The van der Waals surface area contributed by atoms with E-state index in [4.69, 9.17) is 9.63 Å². The zero-order valence-corrected chi connectivity index (χ0v) is 17.0. The van der Waals surface area contributed by atoms with E-state index >= 15 is 0 Å². The Balaban J connectivity index is 1.45. The highest BCUT2D eigenvalue weighted by Gasteiger charge is 2.32. The first-order valence-corrected chi connectivity index (χ1v) is 10.1. The molecule has 1 aliphatic rings. The fourth-order valence-corrected chi connectivity index (χ4v) is 3.66. The summed E-state index contributed by atoms with van der Waals surface area (Å²) >= 11 is 0. The van der Waals surface area contributed by atoms with Crippen LogP contribution in [0.2, 0.25) is 0 Å². The molecule has 1 fully saturated rings. The molecule has 2 aromatic carbocycles. The molecule has 0 atom stereocenters. The second-order valence-electron chi connectivity index (χ2n) is 8.26. The molecule has 0 amide bonds. The number of carbonyl (C=O) groups is 1. The molecular weight excluding hydrogens is 385 g/mol. The Morgan fingerprint density at radius 1 is 1.20 bits per heavy atom. The summed E-state index contributed by atoms with van der Waals surface area (Å²) in [5, 5.41) is 12.9. The smallest absolute Gasteiger partial charge is 0.309 e. The zero-order valence-electron chi connectivity index (χ0n) is 17.0. The molecule has 156 valence electrons. The number of hydrogen-bond acceptors (Lipinski definition) is 5. The highest BCUT2D eigenvalue weighted by atomic mass is 19.1. The van der Waals surface area contributed by atoms with E-state index in [1.54, 1.807) is 6.07 Å². The standard InChI is InChI=1S/C23H24FN3O3/c1-14(2)9-15-3-6-17(7-4-15)22-25-21(26-30-22)19-8-5-16(10-20(19)24)11-27-12-18(13-27)23(28)29/h3-8,10,14,18H,9,11-13H2,1-2H3,(H,28,29). The molecule has 7 heteroatoms. The maximum absolute atomic E-state index is 14.7. The van der Waals surface area contributed by atoms with Crippen molar-refractivity contribution in [2.45, 2.75) is 26.8 Å². The van der Waals surface area contributed by atoms with E-state index in [0.717, 1.165) is 17.5 Å². The Morgan fingerprint density at radius 2 is 1.90 bits per heavy atom. The number of nitrogens with zero attached hydrogens (tertiary/aromatic N) is 3. The van der Waals surface area contributed by atoms with Crippen molar-refractivity contribution in [3.05, 3.63) is 59.4 Å². The molecule has 30 heavy (non-hydrogen) atoms. The van der Waals surface area contributed by atoms with E-state index in [1.807, 2.05) is 35.2 Å². The average Bonchev–Trinajstić information content (AvgIpc) is 3.14. The summed E-state index contributed by atoms with van der Waals surface area (Å²) in [4.78, 5) is 17.2. The molecular formula is C23H24FN3O3. The number of likely N-dealkylation sites (tertiary alicyclic amines) is 1. The summed E-state index contributed by atoms with van der Waals surface area (Å²) in [6.07, 6.45) is 1.00. The third-order valence-electron chi connectivity index (χ3n) is 5.26. The molecule has 3 aromatic rings. The molecule has 0 bridgehead atoms. The number of rotatable bonds is 7. The van der Waals surface area contributed by atoms with Crippen molar-refractivity contribution in [1.29, 1.82) is 0 Å². The van der Waals surface area contributed by atoms with Gasteiger partial charge in [0.05, 0.1) is 11.5 Å². The molecule has 1 aromatic heterocycles. The van der Waals surface area contributed by atoms with Gasteiger partial charge in [-0.3, -0.25) is 9.69 Å². The molecule has 0 radical (unpaired) electrons. The minimum atomic E-state index is -0.782. The van der Waals surface area contributed by atoms with E-state index in [-0.39, 0.29) is 17.3 Å². The van der Waals surface area contributed by atoms with E-state index < -0.39 is 11.8 Å². The SMILES string of the molecule is CC(C)Cc1ccc(-c2nc(-c3ccc(CN4CC(C(=O)O)C4)cc3F)no2)cc1. The van der Waals surface area contributed by atoms with Gasteiger partial charge in [0.2, 0.25) is 5.82 Å². The highest BCUT2D eigenvalue weighted by molar-refractivity contribution is 5.71. The van der Waals surface area contributed by atoms with Crippen LogP contribution in [0.4, 0.5) is 4.39 Å². The first kappa shape index (κ1) is 20.2. The Hall–Kier alpha value is -3.06. The van der Waals surface area contributed by atoms with Gasteiger partial charge in [0, 0.05) is 25.2 Å². The molecule has 4 rings (SSSR count). The summed E-state index contributed by atoms with van der Waals surface area (Å²) in [6.45, 7) is 5.84. The van der Waals surface area contributed by atoms with E-state index in [1.165, 1.54) is 11.6 Å². The van der Waals surface area contributed by atoms with Crippen LogP contribution in [0, 0.1) is 17.7 Å². The lowest BCUT2D eigenvalue weighted by Gasteiger charge is -2.36. The van der Waals surface area contributed by atoms with Crippen LogP contribution in [-0.2, 0) is 17.8 Å². The predicted octanol–water partition coefficient (Wildman–Crippen LogP) is 4.26. The van der Waals surface area contributed by atoms with Gasteiger partial charge in [0.25, 0.3) is 5.89 Å². The van der Waals surface area contributed by atoms with Gasteiger partial charge in [0.1, 0.15) is 5.82 Å². The van der Waals surface area contributed by atoms with E-state index in [0.29, 0.717) is 31.4 Å². The lowest BCUT2D eigenvalue weighted by Crippen LogP contribution is -2.49. The van der Waals surface area contributed by atoms with Crippen LogP contribution < -0.4 is 0 Å². The molecule has 1 saturated heterocycles. The lowest BCUT2D eigenvalue weighted by atomic mass is 9.99. The summed E-state index contributed by atoms with van der Waals surface area (Å²) in [5.41, 5.74) is 3.10. The quantitative estimate of drug-likeness (QED) is 0.628. The number of halogens is 1. The summed E-state index contributed by atoms with van der Waals surface area (Å²) in [5.74, 6) is -0.402. The lowest BCUT2D eigenvalue weighted by molar-refractivity contribution is -0.147. The van der Waals surface area contributed by atoms with Gasteiger partial charge in [-0.1, -0.05) is 37.2 Å². The Morgan fingerprint density at radius 3 is 2.53 bits per heavy atom. The van der Waals surface area contributed by atoms with Crippen molar-refractivity contribution < 1.29 is 18.8 Å². The molecule has 2 heterocycles. The van der Waals surface area contributed by atoms with E-state index in [2.05, 4.69) is 24.0 Å². The number of aliphatic carboxylic acids is 1. The Bertz CT molecular complexity index is 1040. The summed E-state index contributed by atoms with van der Waals surface area (Å²) in [7, 11) is 0. The topological polar surface area (TPSA) is 79.5 Å².